The maximum absolute atomic E-state index is 13.6. The van der Waals surface area contributed by atoms with Gasteiger partial charge in [-0.3, -0.25) is 14.6 Å². The Kier molecular flexibility index (Phi) is 5.69. The number of hydrogen-bond donors (Lipinski definition) is 2. The van der Waals surface area contributed by atoms with Crippen molar-refractivity contribution in [3.8, 4) is 0 Å². The molecule has 2 aromatic heterocycles. The molecule has 1 aliphatic heterocycles. The van der Waals surface area contributed by atoms with E-state index in [4.69, 9.17) is 0 Å². The molecule has 1 aliphatic carbocycles. The second-order valence-electron chi connectivity index (χ2n) is 8.23. The summed E-state index contributed by atoms with van der Waals surface area (Å²) in [6.45, 7) is 5.04. The van der Waals surface area contributed by atoms with E-state index < -0.39 is 6.10 Å². The second kappa shape index (κ2) is 8.24. The molecule has 0 spiro atoms. The molecule has 154 valence electrons. The number of likely N-dealkylation sites (tertiary alicyclic amines) is 1. The van der Waals surface area contributed by atoms with E-state index in [0.29, 0.717) is 28.5 Å². The molecule has 1 fully saturated rings. The molecule has 2 N–H and O–H groups in total. The average Bonchev–Trinajstić information content (AvgIpc) is 3.07. The van der Waals surface area contributed by atoms with Gasteiger partial charge in [0.05, 0.1) is 17.2 Å². The molecule has 1 unspecified atom stereocenters. The third kappa shape index (κ3) is 3.94. The number of nitrogens with zero attached hydrogens (tertiary/aromatic N) is 2. The summed E-state index contributed by atoms with van der Waals surface area (Å²) >= 11 is 1.34. The Morgan fingerprint density at radius 2 is 2.14 bits per heavy atom. The lowest BCUT2D eigenvalue weighted by Gasteiger charge is -2.37. The van der Waals surface area contributed by atoms with Gasteiger partial charge >= 0.3 is 0 Å². The van der Waals surface area contributed by atoms with Gasteiger partial charge in [0, 0.05) is 29.9 Å². The smallest absolute Gasteiger partial charge is 0.257 e. The van der Waals surface area contributed by atoms with Crippen LogP contribution in [0.4, 0.5) is 5.00 Å². The molecule has 0 saturated carbocycles. The summed E-state index contributed by atoms with van der Waals surface area (Å²) in [7, 11) is 0. The highest BCUT2D eigenvalue weighted by Crippen LogP contribution is 2.43. The normalized spacial score (nSPS) is 24.1. The average molecular weight is 414 g/mol. The Morgan fingerprint density at radius 3 is 2.86 bits per heavy atom. The number of aromatic nitrogens is 1. The van der Waals surface area contributed by atoms with Gasteiger partial charge in [0.15, 0.2) is 0 Å². The van der Waals surface area contributed by atoms with Gasteiger partial charge in [-0.15, -0.1) is 11.3 Å². The predicted octanol–water partition coefficient (Wildman–Crippen LogP) is 4.03. The van der Waals surface area contributed by atoms with Crippen LogP contribution < -0.4 is 5.32 Å². The molecule has 2 aromatic rings. The van der Waals surface area contributed by atoms with E-state index in [1.54, 1.807) is 18.3 Å². The van der Waals surface area contributed by atoms with Gasteiger partial charge in [0.1, 0.15) is 5.00 Å². The minimum Gasteiger partial charge on any atom is -0.388 e. The van der Waals surface area contributed by atoms with Crippen LogP contribution >= 0.6 is 11.3 Å². The van der Waals surface area contributed by atoms with Crippen molar-refractivity contribution in [3.63, 3.8) is 0 Å². The Bertz CT molecular complexity index is 912. The number of aliphatic hydroxyl groups excluding tert-OH is 1. The molecular weight excluding hydrogens is 386 g/mol. The zero-order valence-electron chi connectivity index (χ0n) is 16.9. The van der Waals surface area contributed by atoms with Gasteiger partial charge < -0.3 is 15.3 Å². The largest absolute Gasteiger partial charge is 0.388 e. The molecule has 0 aromatic carbocycles. The topological polar surface area (TPSA) is 82.5 Å². The molecule has 7 heteroatoms. The Morgan fingerprint density at radius 1 is 1.31 bits per heavy atom. The molecular formula is C22H27N3O3S. The van der Waals surface area contributed by atoms with Crippen LogP contribution in [0, 0.1) is 5.92 Å². The Hall–Kier alpha value is -2.25. The predicted molar refractivity (Wildman–Crippen MR) is 113 cm³/mol. The molecule has 3 atom stereocenters. The van der Waals surface area contributed by atoms with Gasteiger partial charge in [-0.25, -0.2) is 0 Å². The van der Waals surface area contributed by atoms with Crippen LogP contribution in [0.2, 0.25) is 0 Å². The summed E-state index contributed by atoms with van der Waals surface area (Å²) in [5.41, 5.74) is 1.92. The first-order chi connectivity index (χ1) is 14.0. The summed E-state index contributed by atoms with van der Waals surface area (Å²) in [6, 6.07) is 3.57. The van der Waals surface area contributed by atoms with E-state index in [-0.39, 0.29) is 17.9 Å². The molecule has 2 amide bonds. The van der Waals surface area contributed by atoms with Crippen molar-refractivity contribution >= 4 is 28.2 Å². The van der Waals surface area contributed by atoms with Crippen molar-refractivity contribution in [3.05, 3.63) is 46.1 Å². The summed E-state index contributed by atoms with van der Waals surface area (Å²) < 4.78 is 0. The van der Waals surface area contributed by atoms with Gasteiger partial charge in [0.2, 0.25) is 0 Å². The number of thiophene rings is 1. The van der Waals surface area contributed by atoms with Crippen molar-refractivity contribution in [2.45, 2.75) is 58.1 Å². The fraction of sp³-hybridized carbons (Fsp3) is 0.500. The van der Waals surface area contributed by atoms with Crippen molar-refractivity contribution in [1.29, 1.82) is 0 Å². The number of anilines is 1. The fourth-order valence-electron chi connectivity index (χ4n) is 4.44. The highest BCUT2D eigenvalue weighted by Gasteiger charge is 2.35. The van der Waals surface area contributed by atoms with Gasteiger partial charge in [-0.05, 0) is 62.6 Å². The maximum atomic E-state index is 13.6. The first-order valence-corrected chi connectivity index (χ1v) is 11.1. The quantitative estimate of drug-likeness (QED) is 0.796. The lowest BCUT2D eigenvalue weighted by molar-refractivity contribution is 0.0588. The van der Waals surface area contributed by atoms with Crippen LogP contribution in [-0.4, -0.2) is 39.4 Å². The van der Waals surface area contributed by atoms with E-state index in [0.717, 1.165) is 42.7 Å². The third-order valence-electron chi connectivity index (χ3n) is 6.01. The number of amides is 2. The lowest BCUT2D eigenvalue weighted by Crippen LogP contribution is -2.44. The molecule has 1 saturated heterocycles. The molecule has 0 bridgehead atoms. The zero-order chi connectivity index (χ0) is 20.5. The number of rotatable bonds is 3. The highest BCUT2D eigenvalue weighted by molar-refractivity contribution is 7.17. The monoisotopic (exact) mass is 413 g/mol. The third-order valence-corrected chi connectivity index (χ3v) is 7.26. The van der Waals surface area contributed by atoms with Crippen molar-refractivity contribution < 1.29 is 14.7 Å². The van der Waals surface area contributed by atoms with Crippen molar-refractivity contribution in [2.75, 3.05) is 11.9 Å². The summed E-state index contributed by atoms with van der Waals surface area (Å²) in [4.78, 5) is 33.1. The van der Waals surface area contributed by atoms with Gasteiger partial charge in [0.25, 0.3) is 11.8 Å². The van der Waals surface area contributed by atoms with E-state index in [1.165, 1.54) is 17.5 Å². The lowest BCUT2D eigenvalue weighted by atomic mass is 9.90. The van der Waals surface area contributed by atoms with E-state index >= 15 is 0 Å². The molecule has 6 nitrogen and oxygen atoms in total. The van der Waals surface area contributed by atoms with Crippen LogP contribution in [0.1, 0.15) is 76.8 Å². The summed E-state index contributed by atoms with van der Waals surface area (Å²) in [6.07, 6.45) is 6.81. The first kappa shape index (κ1) is 20.0. The second-order valence-corrected chi connectivity index (χ2v) is 9.28. The number of carbonyl (C=O) groups excluding carboxylic acids is 2. The number of piperidine rings is 1. The number of aliphatic hydroxyl groups is 1. The SMILES string of the molecule is C[C@@H]1CCN(C(=O)c2c(NC(=O)c3cccnc3)sc3c2CCCC3O)[C@H](C)C1. The maximum Gasteiger partial charge on any atom is 0.257 e. The molecule has 4 rings (SSSR count). The summed E-state index contributed by atoms with van der Waals surface area (Å²) in [5.74, 6) is 0.287. The number of carbonyl (C=O) groups is 2. The van der Waals surface area contributed by atoms with Crippen LogP contribution in [0.3, 0.4) is 0 Å². The van der Waals surface area contributed by atoms with Crippen LogP contribution in [-0.2, 0) is 6.42 Å². The van der Waals surface area contributed by atoms with E-state index in [2.05, 4.69) is 24.1 Å². The van der Waals surface area contributed by atoms with E-state index in [1.807, 2.05) is 4.90 Å². The molecule has 3 heterocycles. The Balaban J connectivity index is 1.70. The summed E-state index contributed by atoms with van der Waals surface area (Å²) in [5, 5.41) is 14.0. The number of fused-ring (bicyclic) bond motifs is 1. The van der Waals surface area contributed by atoms with Crippen molar-refractivity contribution in [1.82, 2.24) is 9.88 Å². The van der Waals surface area contributed by atoms with Crippen LogP contribution in [0.25, 0.3) is 0 Å². The van der Waals surface area contributed by atoms with E-state index in [9.17, 15) is 14.7 Å². The molecule has 0 radical (unpaired) electrons. The minimum absolute atomic E-state index is 0.0301. The zero-order valence-corrected chi connectivity index (χ0v) is 17.7. The fourth-order valence-corrected chi connectivity index (χ4v) is 5.70. The van der Waals surface area contributed by atoms with Gasteiger partial charge in [-0.1, -0.05) is 6.92 Å². The van der Waals surface area contributed by atoms with Crippen LogP contribution in [0.5, 0.6) is 0 Å². The highest BCUT2D eigenvalue weighted by atomic mass is 32.1. The standard InChI is InChI=1S/C22H27N3O3S/c1-13-8-10-25(14(2)11-13)22(28)18-16-6-3-7-17(26)19(16)29-21(18)24-20(27)15-5-4-9-23-12-15/h4-5,9,12-14,17,26H,3,6-8,10-11H2,1-2H3,(H,24,27)/t13-,14-,17?/m1/s1. The number of pyridine rings is 1. The van der Waals surface area contributed by atoms with Crippen molar-refractivity contribution in [2.24, 2.45) is 5.92 Å². The number of nitrogens with one attached hydrogen (secondary N) is 1. The number of hydrogen-bond acceptors (Lipinski definition) is 5. The minimum atomic E-state index is -0.571. The van der Waals surface area contributed by atoms with Crippen LogP contribution in [0.15, 0.2) is 24.5 Å². The molecule has 29 heavy (non-hydrogen) atoms. The van der Waals surface area contributed by atoms with Gasteiger partial charge in [-0.2, -0.15) is 0 Å². The first-order valence-electron chi connectivity index (χ1n) is 10.3. The Labute approximate surface area is 175 Å². The molecule has 2 aliphatic rings.